The van der Waals surface area contributed by atoms with Crippen LogP contribution in [0.2, 0.25) is 0 Å². The molecule has 21 heavy (non-hydrogen) atoms. The van der Waals surface area contributed by atoms with Crippen molar-refractivity contribution in [3.05, 3.63) is 35.5 Å². The molecule has 1 saturated heterocycles. The Hall–Kier alpha value is -2.30. The highest BCUT2D eigenvalue weighted by atomic mass is 16.2. The number of benzene rings is 1. The van der Waals surface area contributed by atoms with Crippen LogP contribution in [0.25, 0.3) is 10.9 Å². The Morgan fingerprint density at radius 1 is 1.29 bits per heavy atom. The molecule has 1 aliphatic rings. The molecule has 3 rings (SSSR count). The molecule has 1 aromatic heterocycles. The Kier molecular flexibility index (Phi) is 3.20. The van der Waals surface area contributed by atoms with Gasteiger partial charge in [-0.05, 0) is 25.5 Å². The first-order valence-electron chi connectivity index (χ1n) is 7.09. The molecule has 5 heteroatoms. The van der Waals surface area contributed by atoms with Crippen molar-refractivity contribution >= 4 is 22.7 Å². The summed E-state index contributed by atoms with van der Waals surface area (Å²) >= 11 is 0. The molecule has 0 bridgehead atoms. The first-order chi connectivity index (χ1) is 9.99. The molecule has 1 unspecified atom stereocenters. The van der Waals surface area contributed by atoms with Crippen molar-refractivity contribution < 1.29 is 9.59 Å². The SMILES string of the molecule is Cc1c(CN2C(=O)CN(C)C(=O)C2C)[nH]c2ccccc12. The molecule has 0 radical (unpaired) electrons. The Labute approximate surface area is 123 Å². The average Bonchev–Trinajstić information content (AvgIpc) is 2.78. The number of nitrogens with zero attached hydrogens (tertiary/aromatic N) is 2. The summed E-state index contributed by atoms with van der Waals surface area (Å²) in [5, 5.41) is 1.16. The van der Waals surface area contributed by atoms with E-state index in [1.807, 2.05) is 25.1 Å². The Morgan fingerprint density at radius 3 is 2.71 bits per heavy atom. The van der Waals surface area contributed by atoms with Crippen LogP contribution in [0.4, 0.5) is 0 Å². The standard InChI is InChI=1S/C16H19N3O2/c1-10-12-6-4-5-7-13(12)17-14(10)8-19-11(2)16(21)18(3)9-15(19)20/h4-7,11,17H,8-9H2,1-3H3. The van der Waals surface area contributed by atoms with Crippen LogP contribution in [-0.2, 0) is 16.1 Å². The van der Waals surface area contributed by atoms with E-state index in [2.05, 4.69) is 11.1 Å². The Bertz CT molecular complexity index is 719. The summed E-state index contributed by atoms with van der Waals surface area (Å²) in [5.74, 6) is -0.0222. The number of hydrogen-bond acceptors (Lipinski definition) is 2. The van der Waals surface area contributed by atoms with E-state index in [0.29, 0.717) is 6.54 Å². The second-order valence-electron chi connectivity index (χ2n) is 5.67. The van der Waals surface area contributed by atoms with E-state index < -0.39 is 6.04 Å². The van der Waals surface area contributed by atoms with Gasteiger partial charge in [0.2, 0.25) is 11.8 Å². The van der Waals surface area contributed by atoms with Crippen molar-refractivity contribution in [1.82, 2.24) is 14.8 Å². The molecule has 0 aliphatic carbocycles. The normalized spacial score (nSPS) is 19.7. The molecule has 1 atom stereocenters. The predicted molar refractivity (Wildman–Crippen MR) is 80.7 cm³/mol. The van der Waals surface area contributed by atoms with Crippen LogP contribution in [-0.4, -0.2) is 46.2 Å². The van der Waals surface area contributed by atoms with Crippen LogP contribution in [0.1, 0.15) is 18.2 Å². The minimum Gasteiger partial charge on any atom is -0.357 e. The van der Waals surface area contributed by atoms with Crippen LogP contribution < -0.4 is 0 Å². The van der Waals surface area contributed by atoms with Gasteiger partial charge in [0.15, 0.2) is 0 Å². The van der Waals surface area contributed by atoms with Gasteiger partial charge in [-0.2, -0.15) is 0 Å². The van der Waals surface area contributed by atoms with Crippen molar-refractivity contribution in [2.75, 3.05) is 13.6 Å². The highest BCUT2D eigenvalue weighted by Crippen LogP contribution is 2.24. The third-order valence-corrected chi connectivity index (χ3v) is 4.29. The lowest BCUT2D eigenvalue weighted by atomic mass is 10.1. The number of piperazine rings is 1. The van der Waals surface area contributed by atoms with Gasteiger partial charge in [0.1, 0.15) is 6.04 Å². The van der Waals surface area contributed by atoms with Crippen LogP contribution in [0.5, 0.6) is 0 Å². The van der Waals surface area contributed by atoms with Gasteiger partial charge in [0, 0.05) is 23.6 Å². The van der Waals surface area contributed by atoms with Crippen LogP contribution in [0, 0.1) is 6.92 Å². The maximum Gasteiger partial charge on any atom is 0.245 e. The predicted octanol–water partition coefficient (Wildman–Crippen LogP) is 1.67. The van der Waals surface area contributed by atoms with E-state index >= 15 is 0 Å². The molecule has 1 aromatic carbocycles. The fourth-order valence-electron chi connectivity index (χ4n) is 2.93. The van der Waals surface area contributed by atoms with E-state index in [1.165, 1.54) is 4.90 Å². The molecular weight excluding hydrogens is 266 g/mol. The molecular formula is C16H19N3O2. The summed E-state index contributed by atoms with van der Waals surface area (Å²) in [4.78, 5) is 30.8. The second kappa shape index (κ2) is 4.91. The van der Waals surface area contributed by atoms with Crippen molar-refractivity contribution in [2.45, 2.75) is 26.4 Å². The van der Waals surface area contributed by atoms with E-state index in [-0.39, 0.29) is 18.4 Å². The number of aromatic nitrogens is 1. The van der Waals surface area contributed by atoms with Gasteiger partial charge in [-0.15, -0.1) is 0 Å². The number of rotatable bonds is 2. The van der Waals surface area contributed by atoms with Crippen molar-refractivity contribution in [2.24, 2.45) is 0 Å². The zero-order valence-corrected chi connectivity index (χ0v) is 12.5. The molecule has 1 N–H and O–H groups in total. The summed E-state index contributed by atoms with van der Waals surface area (Å²) in [6.45, 7) is 4.43. The lowest BCUT2D eigenvalue weighted by Crippen LogP contribution is -2.57. The number of fused-ring (bicyclic) bond motifs is 1. The monoisotopic (exact) mass is 285 g/mol. The number of aryl methyl sites for hydroxylation is 1. The molecule has 0 spiro atoms. The van der Waals surface area contributed by atoms with Crippen LogP contribution >= 0.6 is 0 Å². The van der Waals surface area contributed by atoms with Crippen LogP contribution in [0.15, 0.2) is 24.3 Å². The molecule has 2 heterocycles. The third kappa shape index (κ3) is 2.18. The maximum absolute atomic E-state index is 12.2. The van der Waals surface area contributed by atoms with Crippen LogP contribution in [0.3, 0.4) is 0 Å². The number of likely N-dealkylation sites (N-methyl/N-ethyl adjacent to an activating group) is 1. The lowest BCUT2D eigenvalue weighted by Gasteiger charge is -2.36. The summed E-state index contributed by atoms with van der Waals surface area (Å²) in [7, 11) is 1.67. The zero-order valence-electron chi connectivity index (χ0n) is 12.5. The summed E-state index contributed by atoms with van der Waals surface area (Å²) in [5.41, 5.74) is 3.19. The molecule has 2 aromatic rings. The number of amides is 2. The largest absolute Gasteiger partial charge is 0.357 e. The molecule has 2 amide bonds. The van der Waals surface area contributed by atoms with E-state index in [1.54, 1.807) is 18.9 Å². The minimum absolute atomic E-state index is 0.0108. The summed E-state index contributed by atoms with van der Waals surface area (Å²) < 4.78 is 0. The number of aromatic amines is 1. The summed E-state index contributed by atoms with van der Waals surface area (Å²) in [6.07, 6.45) is 0. The number of nitrogens with one attached hydrogen (secondary N) is 1. The Morgan fingerprint density at radius 2 is 2.00 bits per heavy atom. The van der Waals surface area contributed by atoms with Gasteiger partial charge in [-0.3, -0.25) is 9.59 Å². The molecule has 1 aliphatic heterocycles. The highest BCUT2D eigenvalue weighted by molar-refractivity contribution is 5.94. The Balaban J connectivity index is 1.92. The van der Waals surface area contributed by atoms with Crippen molar-refractivity contribution in [3.8, 4) is 0 Å². The van der Waals surface area contributed by atoms with Gasteiger partial charge in [0.25, 0.3) is 0 Å². The van der Waals surface area contributed by atoms with E-state index in [9.17, 15) is 9.59 Å². The third-order valence-electron chi connectivity index (χ3n) is 4.29. The lowest BCUT2D eigenvalue weighted by molar-refractivity contribution is -0.154. The van der Waals surface area contributed by atoms with Gasteiger partial charge >= 0.3 is 0 Å². The average molecular weight is 285 g/mol. The molecule has 0 saturated carbocycles. The molecule has 110 valence electrons. The number of carbonyl (C=O) groups excluding carboxylic acids is 2. The second-order valence-corrected chi connectivity index (χ2v) is 5.67. The first-order valence-corrected chi connectivity index (χ1v) is 7.09. The quantitative estimate of drug-likeness (QED) is 0.912. The topological polar surface area (TPSA) is 56.4 Å². The number of H-pyrrole nitrogens is 1. The molecule has 1 fully saturated rings. The fourth-order valence-corrected chi connectivity index (χ4v) is 2.93. The fraction of sp³-hybridized carbons (Fsp3) is 0.375. The van der Waals surface area contributed by atoms with Gasteiger partial charge < -0.3 is 14.8 Å². The first kappa shape index (κ1) is 13.7. The van der Waals surface area contributed by atoms with Crippen molar-refractivity contribution in [1.29, 1.82) is 0 Å². The van der Waals surface area contributed by atoms with Gasteiger partial charge in [-0.1, -0.05) is 18.2 Å². The summed E-state index contributed by atoms with van der Waals surface area (Å²) in [6, 6.07) is 7.65. The van der Waals surface area contributed by atoms with Crippen molar-refractivity contribution in [3.63, 3.8) is 0 Å². The number of carbonyl (C=O) groups is 2. The minimum atomic E-state index is -0.415. The van der Waals surface area contributed by atoms with Gasteiger partial charge in [-0.25, -0.2) is 0 Å². The van der Waals surface area contributed by atoms with E-state index in [0.717, 1.165) is 22.2 Å². The smallest absolute Gasteiger partial charge is 0.245 e. The number of para-hydroxylation sites is 1. The maximum atomic E-state index is 12.2. The highest BCUT2D eigenvalue weighted by Gasteiger charge is 2.34. The number of hydrogen-bond donors (Lipinski definition) is 1. The van der Waals surface area contributed by atoms with E-state index in [4.69, 9.17) is 0 Å². The van der Waals surface area contributed by atoms with Gasteiger partial charge in [0.05, 0.1) is 13.1 Å². The zero-order chi connectivity index (χ0) is 15.1. The molecule has 5 nitrogen and oxygen atoms in total.